The molecule has 286 valence electrons. The first-order chi connectivity index (χ1) is 30.2. The maximum absolute atomic E-state index is 5.44. The Kier molecular flexibility index (Phi) is 9.14. The van der Waals surface area contributed by atoms with E-state index in [1.165, 1.54) is 11.1 Å². The molecule has 11 aromatic rings. The number of rotatable bonds is 8. The van der Waals surface area contributed by atoms with E-state index in [-0.39, 0.29) is 0 Å². The van der Waals surface area contributed by atoms with Gasteiger partial charge in [-0.25, -0.2) is 14.5 Å². The Morgan fingerprint density at radius 3 is 1.23 bits per heavy atom. The van der Waals surface area contributed by atoms with Crippen LogP contribution in [0.5, 0.6) is 0 Å². The third-order valence-electron chi connectivity index (χ3n) is 11.5. The minimum atomic E-state index is 0.656. The lowest BCUT2D eigenvalue weighted by molar-refractivity contribution is 0.979. The van der Waals surface area contributed by atoms with Crippen molar-refractivity contribution < 1.29 is 0 Å². The molecular weight excluding hydrogens is 741 g/mol. The third kappa shape index (κ3) is 6.86. The summed E-state index contributed by atoms with van der Waals surface area (Å²) in [5.41, 5.74) is 16.7. The number of pyridine rings is 1. The standard InChI is InChI=1S/C57H38N4/c1-6-16-39(17-7-1)41-26-30-43(31-27-41)51-38-52(44-32-28-42(29-33-44)40-18-8-2-9-19-40)59-57(58-51)49-35-34-48-37-53(45-20-10-3-11-21-45)61-56(50(48)36-49)54(46-22-12-4-13-23-46)55(60-61)47-24-14-5-15-25-47/h1-38H. The summed E-state index contributed by atoms with van der Waals surface area (Å²) < 4.78 is 2.14. The molecule has 61 heavy (non-hydrogen) atoms. The van der Waals surface area contributed by atoms with Crippen LogP contribution in [-0.2, 0) is 0 Å². The van der Waals surface area contributed by atoms with Gasteiger partial charge in [-0.15, -0.1) is 0 Å². The number of hydrogen-bond acceptors (Lipinski definition) is 3. The van der Waals surface area contributed by atoms with Crippen molar-refractivity contribution in [1.29, 1.82) is 0 Å². The summed E-state index contributed by atoms with van der Waals surface area (Å²) in [7, 11) is 0. The molecule has 0 aliphatic heterocycles. The first kappa shape index (κ1) is 35.9. The van der Waals surface area contributed by atoms with E-state index in [1.807, 2.05) is 12.1 Å². The van der Waals surface area contributed by atoms with Gasteiger partial charge in [0.15, 0.2) is 5.82 Å². The Balaban J connectivity index is 1.13. The molecule has 0 saturated carbocycles. The highest BCUT2D eigenvalue weighted by Gasteiger charge is 2.22. The molecule has 0 radical (unpaired) electrons. The van der Waals surface area contributed by atoms with Gasteiger partial charge in [-0.3, -0.25) is 0 Å². The maximum atomic E-state index is 5.44. The minimum absolute atomic E-state index is 0.656. The van der Waals surface area contributed by atoms with Gasteiger partial charge in [-0.05, 0) is 51.4 Å². The quantitative estimate of drug-likeness (QED) is 0.154. The summed E-state index contributed by atoms with van der Waals surface area (Å²) in [6.07, 6.45) is 0. The lowest BCUT2D eigenvalue weighted by atomic mass is 9.96. The highest BCUT2D eigenvalue weighted by atomic mass is 15.2. The molecule has 0 unspecified atom stereocenters. The summed E-state index contributed by atoms with van der Waals surface area (Å²) in [4.78, 5) is 10.6. The Morgan fingerprint density at radius 2 is 0.721 bits per heavy atom. The predicted octanol–water partition coefficient (Wildman–Crippen LogP) is 14.6. The van der Waals surface area contributed by atoms with Crippen LogP contribution in [0.15, 0.2) is 231 Å². The van der Waals surface area contributed by atoms with Crippen LogP contribution in [0, 0.1) is 0 Å². The highest BCUT2D eigenvalue weighted by molar-refractivity contribution is 6.09. The summed E-state index contributed by atoms with van der Waals surface area (Å²) in [5.74, 6) is 0.656. The molecule has 0 atom stereocenters. The number of aromatic nitrogens is 4. The number of fused-ring (bicyclic) bond motifs is 3. The normalized spacial score (nSPS) is 11.3. The van der Waals surface area contributed by atoms with Gasteiger partial charge in [0.25, 0.3) is 0 Å². The molecule has 3 heterocycles. The molecule has 4 nitrogen and oxygen atoms in total. The fourth-order valence-corrected chi connectivity index (χ4v) is 8.37. The summed E-state index contributed by atoms with van der Waals surface area (Å²) >= 11 is 0. The lowest BCUT2D eigenvalue weighted by Crippen LogP contribution is -1.98. The van der Waals surface area contributed by atoms with E-state index in [0.717, 1.165) is 89.1 Å². The van der Waals surface area contributed by atoms with Gasteiger partial charge in [0, 0.05) is 38.8 Å². The second-order valence-corrected chi connectivity index (χ2v) is 15.3. The van der Waals surface area contributed by atoms with E-state index in [0.29, 0.717) is 5.82 Å². The number of nitrogens with zero attached hydrogens (tertiary/aromatic N) is 4. The molecule has 0 bridgehead atoms. The largest absolute Gasteiger partial charge is 0.231 e. The summed E-state index contributed by atoms with van der Waals surface area (Å²) in [6.45, 7) is 0. The van der Waals surface area contributed by atoms with Crippen LogP contribution in [0.3, 0.4) is 0 Å². The topological polar surface area (TPSA) is 43.1 Å². The van der Waals surface area contributed by atoms with Crippen molar-refractivity contribution >= 4 is 16.3 Å². The van der Waals surface area contributed by atoms with Gasteiger partial charge in [0.2, 0.25) is 0 Å². The third-order valence-corrected chi connectivity index (χ3v) is 11.5. The number of hydrogen-bond donors (Lipinski definition) is 0. The van der Waals surface area contributed by atoms with Crippen LogP contribution in [0.2, 0.25) is 0 Å². The zero-order chi connectivity index (χ0) is 40.5. The van der Waals surface area contributed by atoms with Gasteiger partial charge < -0.3 is 0 Å². The van der Waals surface area contributed by atoms with Gasteiger partial charge in [-0.1, -0.05) is 212 Å². The van der Waals surface area contributed by atoms with Crippen molar-refractivity contribution in [2.45, 2.75) is 0 Å². The molecule has 0 amide bonds. The summed E-state index contributed by atoms with van der Waals surface area (Å²) in [6, 6.07) is 80.9. The second kappa shape index (κ2) is 15.5. The van der Waals surface area contributed by atoms with Crippen LogP contribution < -0.4 is 0 Å². The zero-order valence-electron chi connectivity index (χ0n) is 33.2. The first-order valence-electron chi connectivity index (χ1n) is 20.6. The monoisotopic (exact) mass is 778 g/mol. The van der Waals surface area contributed by atoms with Gasteiger partial charge in [0.1, 0.15) is 5.69 Å². The van der Waals surface area contributed by atoms with Crippen LogP contribution >= 0.6 is 0 Å². The Labute approximate surface area is 354 Å². The predicted molar refractivity (Wildman–Crippen MR) is 252 cm³/mol. The Morgan fingerprint density at radius 1 is 0.311 bits per heavy atom. The molecule has 0 aliphatic rings. The van der Waals surface area contributed by atoms with Gasteiger partial charge in [0.05, 0.1) is 22.6 Å². The molecule has 8 aromatic carbocycles. The maximum Gasteiger partial charge on any atom is 0.160 e. The molecular formula is C57H38N4. The van der Waals surface area contributed by atoms with E-state index in [1.54, 1.807) is 0 Å². The molecule has 0 saturated heterocycles. The van der Waals surface area contributed by atoms with Crippen molar-refractivity contribution in [3.05, 3.63) is 231 Å². The van der Waals surface area contributed by atoms with E-state index < -0.39 is 0 Å². The molecule has 0 fully saturated rings. The molecule has 3 aromatic heterocycles. The van der Waals surface area contributed by atoms with Crippen molar-refractivity contribution in [2.75, 3.05) is 0 Å². The second-order valence-electron chi connectivity index (χ2n) is 15.3. The summed E-state index contributed by atoms with van der Waals surface area (Å²) in [5, 5.41) is 7.62. The van der Waals surface area contributed by atoms with Gasteiger partial charge in [-0.2, -0.15) is 5.10 Å². The van der Waals surface area contributed by atoms with Crippen molar-refractivity contribution in [1.82, 2.24) is 19.6 Å². The molecule has 0 aliphatic carbocycles. The van der Waals surface area contributed by atoms with Gasteiger partial charge >= 0.3 is 0 Å². The molecule has 0 N–H and O–H groups in total. The zero-order valence-corrected chi connectivity index (χ0v) is 33.2. The number of benzene rings is 8. The smallest absolute Gasteiger partial charge is 0.160 e. The van der Waals surface area contributed by atoms with Crippen LogP contribution in [-0.4, -0.2) is 19.6 Å². The van der Waals surface area contributed by atoms with E-state index >= 15 is 0 Å². The van der Waals surface area contributed by atoms with Crippen molar-refractivity contribution in [2.24, 2.45) is 0 Å². The highest BCUT2D eigenvalue weighted by Crippen LogP contribution is 2.42. The van der Waals surface area contributed by atoms with E-state index in [9.17, 15) is 0 Å². The first-order valence-corrected chi connectivity index (χ1v) is 20.6. The average Bonchev–Trinajstić information content (AvgIpc) is 3.76. The van der Waals surface area contributed by atoms with E-state index in [2.05, 4.69) is 223 Å². The Bertz CT molecular complexity index is 3190. The minimum Gasteiger partial charge on any atom is -0.231 e. The molecule has 11 rings (SSSR count). The van der Waals surface area contributed by atoms with E-state index in [4.69, 9.17) is 15.1 Å². The fraction of sp³-hybridized carbons (Fsp3) is 0. The fourth-order valence-electron chi connectivity index (χ4n) is 8.37. The molecule has 0 spiro atoms. The average molecular weight is 779 g/mol. The Hall–Kier alpha value is -8.21. The SMILES string of the molecule is c1ccc(-c2ccc(-c3cc(-c4ccc(-c5ccccc5)cc4)nc(-c4ccc5cc(-c6ccccc6)n6nc(-c7ccccc7)c(-c7ccccc7)c6c5c4)n3)cc2)cc1. The van der Waals surface area contributed by atoms with Crippen molar-refractivity contribution in [3.63, 3.8) is 0 Å². The van der Waals surface area contributed by atoms with Crippen LogP contribution in [0.1, 0.15) is 0 Å². The molecule has 4 heteroatoms. The van der Waals surface area contributed by atoms with Crippen LogP contribution in [0.25, 0.3) is 106 Å². The van der Waals surface area contributed by atoms with Crippen LogP contribution in [0.4, 0.5) is 0 Å². The lowest BCUT2D eigenvalue weighted by Gasteiger charge is -2.13. The van der Waals surface area contributed by atoms with Crippen molar-refractivity contribution in [3.8, 4) is 89.8 Å².